The summed E-state index contributed by atoms with van der Waals surface area (Å²) < 4.78 is 0. The average Bonchev–Trinajstić information content (AvgIpc) is 2.46. The number of amides is 1. The fraction of sp³-hybridized carbons (Fsp3) is 0.500. The molecule has 1 amide bonds. The minimum absolute atomic E-state index is 0.136. The van der Waals surface area contributed by atoms with Crippen LogP contribution in [0.4, 0.5) is 0 Å². The first-order valence-corrected chi connectivity index (χ1v) is 5.53. The summed E-state index contributed by atoms with van der Waals surface area (Å²) in [4.78, 5) is 15.8. The zero-order valence-electron chi connectivity index (χ0n) is 8.78. The molecule has 1 aliphatic heterocycles. The van der Waals surface area contributed by atoms with Crippen LogP contribution in [0.3, 0.4) is 0 Å². The molecule has 1 fully saturated rings. The molecule has 1 unspecified atom stereocenters. The summed E-state index contributed by atoms with van der Waals surface area (Å²) >= 11 is 0. The molecule has 2 rings (SSSR count). The van der Waals surface area contributed by atoms with Crippen LogP contribution in [0.2, 0.25) is 0 Å². The van der Waals surface area contributed by atoms with Crippen LogP contribution in [0, 0.1) is 5.92 Å². The molecular weight excluding hydrogens is 188 g/mol. The number of carbonyl (C=O) groups excluding carboxylic acids is 1. The van der Waals surface area contributed by atoms with E-state index in [1.807, 2.05) is 18.3 Å². The van der Waals surface area contributed by atoms with Gasteiger partial charge in [0.2, 0.25) is 5.91 Å². The first-order valence-electron chi connectivity index (χ1n) is 5.53. The third-order valence-electron chi connectivity index (χ3n) is 2.85. The number of pyridine rings is 1. The molecule has 1 N–H and O–H groups in total. The molecule has 0 aliphatic carbocycles. The Balaban J connectivity index is 2.01. The Hall–Kier alpha value is -1.38. The molecule has 0 radical (unpaired) electrons. The number of nitrogens with zero attached hydrogens (tertiary/aromatic N) is 1. The van der Waals surface area contributed by atoms with Crippen LogP contribution in [0.15, 0.2) is 24.5 Å². The maximum atomic E-state index is 11.7. The van der Waals surface area contributed by atoms with Crippen LogP contribution in [0.25, 0.3) is 0 Å². The van der Waals surface area contributed by atoms with Gasteiger partial charge in [0.05, 0.1) is 0 Å². The van der Waals surface area contributed by atoms with Crippen molar-refractivity contribution in [1.82, 2.24) is 10.3 Å². The second-order valence-corrected chi connectivity index (χ2v) is 4.05. The smallest absolute Gasteiger partial charge is 0.223 e. The molecule has 3 nitrogen and oxygen atoms in total. The van der Waals surface area contributed by atoms with E-state index in [2.05, 4.69) is 10.3 Å². The zero-order chi connectivity index (χ0) is 10.5. The molecule has 80 valence electrons. The quantitative estimate of drug-likeness (QED) is 0.794. The van der Waals surface area contributed by atoms with Gasteiger partial charge in [-0.25, -0.2) is 0 Å². The van der Waals surface area contributed by atoms with Crippen molar-refractivity contribution in [2.75, 3.05) is 6.54 Å². The monoisotopic (exact) mass is 204 g/mol. The molecule has 0 saturated carbocycles. The molecule has 0 spiro atoms. The largest absolute Gasteiger partial charge is 0.356 e. The number of hydrogen-bond donors (Lipinski definition) is 1. The summed E-state index contributed by atoms with van der Waals surface area (Å²) in [5.74, 6) is 0.341. The molecule has 1 aromatic rings. The first-order chi connectivity index (χ1) is 7.36. The highest BCUT2D eigenvalue weighted by Gasteiger charge is 2.20. The first kappa shape index (κ1) is 10.1. The van der Waals surface area contributed by atoms with Gasteiger partial charge < -0.3 is 5.32 Å². The van der Waals surface area contributed by atoms with Crippen LogP contribution in [0.5, 0.6) is 0 Å². The van der Waals surface area contributed by atoms with Gasteiger partial charge in [-0.2, -0.15) is 0 Å². The second kappa shape index (κ2) is 4.91. The Morgan fingerprint density at radius 1 is 1.47 bits per heavy atom. The van der Waals surface area contributed by atoms with E-state index < -0.39 is 0 Å². The maximum Gasteiger partial charge on any atom is 0.223 e. The zero-order valence-corrected chi connectivity index (χ0v) is 8.78. The lowest BCUT2D eigenvalue weighted by molar-refractivity contribution is -0.124. The molecule has 1 saturated heterocycles. The lowest BCUT2D eigenvalue weighted by atomic mass is 9.95. The summed E-state index contributed by atoms with van der Waals surface area (Å²) in [6, 6.07) is 3.95. The molecule has 2 heterocycles. The number of rotatable bonds is 2. The summed E-state index contributed by atoms with van der Waals surface area (Å²) in [6.45, 7) is 0.836. The van der Waals surface area contributed by atoms with E-state index in [1.165, 1.54) is 0 Å². The maximum absolute atomic E-state index is 11.7. The topological polar surface area (TPSA) is 42.0 Å². The normalized spacial score (nSPS) is 21.9. The fourth-order valence-electron chi connectivity index (χ4n) is 2.00. The van der Waals surface area contributed by atoms with Gasteiger partial charge >= 0.3 is 0 Å². The van der Waals surface area contributed by atoms with Crippen LogP contribution in [-0.2, 0) is 11.2 Å². The van der Waals surface area contributed by atoms with Crippen molar-refractivity contribution in [3.63, 3.8) is 0 Å². The summed E-state index contributed by atoms with van der Waals surface area (Å²) in [5, 5.41) is 2.96. The van der Waals surface area contributed by atoms with E-state index in [9.17, 15) is 4.79 Å². The van der Waals surface area contributed by atoms with Gasteiger partial charge in [0.25, 0.3) is 0 Å². The molecular formula is C12H16N2O. The number of hydrogen-bond acceptors (Lipinski definition) is 2. The molecule has 3 heteroatoms. The van der Waals surface area contributed by atoms with Gasteiger partial charge in [0.15, 0.2) is 0 Å². The van der Waals surface area contributed by atoms with E-state index in [0.717, 1.165) is 37.8 Å². The van der Waals surface area contributed by atoms with Gasteiger partial charge in [-0.1, -0.05) is 12.5 Å². The van der Waals surface area contributed by atoms with Crippen LogP contribution in [0.1, 0.15) is 24.8 Å². The molecule has 1 aliphatic rings. The highest BCUT2D eigenvalue weighted by atomic mass is 16.1. The molecule has 1 atom stereocenters. The van der Waals surface area contributed by atoms with Crippen LogP contribution in [-0.4, -0.2) is 17.4 Å². The Morgan fingerprint density at radius 2 is 2.40 bits per heavy atom. The lowest BCUT2D eigenvalue weighted by Crippen LogP contribution is -2.30. The highest BCUT2D eigenvalue weighted by molar-refractivity contribution is 5.79. The molecule has 1 aromatic heterocycles. The van der Waals surface area contributed by atoms with Gasteiger partial charge in [0.1, 0.15) is 0 Å². The number of nitrogens with one attached hydrogen (secondary N) is 1. The highest BCUT2D eigenvalue weighted by Crippen LogP contribution is 2.17. The van der Waals surface area contributed by atoms with E-state index in [-0.39, 0.29) is 11.8 Å². The predicted molar refractivity (Wildman–Crippen MR) is 58.3 cm³/mol. The van der Waals surface area contributed by atoms with Crippen molar-refractivity contribution < 1.29 is 4.79 Å². The van der Waals surface area contributed by atoms with E-state index in [1.54, 1.807) is 6.20 Å². The Labute approximate surface area is 89.9 Å². The predicted octanol–water partition coefficient (Wildman–Crippen LogP) is 1.54. The summed E-state index contributed by atoms with van der Waals surface area (Å²) in [7, 11) is 0. The molecule has 0 bridgehead atoms. The van der Waals surface area contributed by atoms with E-state index in [4.69, 9.17) is 0 Å². The Kier molecular flexibility index (Phi) is 3.33. The number of aromatic nitrogens is 1. The van der Waals surface area contributed by atoms with Crippen LogP contribution >= 0.6 is 0 Å². The Bertz CT molecular complexity index is 324. The van der Waals surface area contributed by atoms with Crippen molar-refractivity contribution in [3.8, 4) is 0 Å². The summed E-state index contributed by atoms with van der Waals surface area (Å²) in [5.41, 5.74) is 1.15. The van der Waals surface area contributed by atoms with Crippen molar-refractivity contribution in [2.45, 2.75) is 25.7 Å². The average molecular weight is 204 g/mol. The van der Waals surface area contributed by atoms with Crippen molar-refractivity contribution >= 4 is 5.91 Å². The van der Waals surface area contributed by atoms with Crippen molar-refractivity contribution in [1.29, 1.82) is 0 Å². The Morgan fingerprint density at radius 3 is 3.20 bits per heavy atom. The van der Waals surface area contributed by atoms with Crippen molar-refractivity contribution in [3.05, 3.63) is 30.1 Å². The lowest BCUT2D eigenvalue weighted by Gasteiger charge is -2.12. The van der Waals surface area contributed by atoms with Gasteiger partial charge in [-0.15, -0.1) is 0 Å². The number of carbonyl (C=O) groups is 1. The third kappa shape index (κ3) is 2.78. The fourth-order valence-corrected chi connectivity index (χ4v) is 2.00. The van der Waals surface area contributed by atoms with E-state index >= 15 is 0 Å². The summed E-state index contributed by atoms with van der Waals surface area (Å²) in [6.07, 6.45) is 7.67. The van der Waals surface area contributed by atoms with Crippen LogP contribution < -0.4 is 5.32 Å². The minimum atomic E-state index is 0.136. The standard InChI is InChI=1S/C12H16N2O/c15-12-11(5-1-2-7-14-12)8-10-4-3-6-13-9-10/h3-4,6,9,11H,1-2,5,7-8H2,(H,14,15). The molecule has 15 heavy (non-hydrogen) atoms. The third-order valence-corrected chi connectivity index (χ3v) is 2.85. The van der Waals surface area contributed by atoms with Gasteiger partial charge in [-0.05, 0) is 30.9 Å². The van der Waals surface area contributed by atoms with Crippen molar-refractivity contribution in [2.24, 2.45) is 5.92 Å². The van der Waals surface area contributed by atoms with E-state index in [0.29, 0.717) is 0 Å². The van der Waals surface area contributed by atoms with Gasteiger partial charge in [-0.3, -0.25) is 9.78 Å². The van der Waals surface area contributed by atoms with Gasteiger partial charge in [0, 0.05) is 24.9 Å². The minimum Gasteiger partial charge on any atom is -0.356 e. The second-order valence-electron chi connectivity index (χ2n) is 4.05. The molecule has 0 aromatic carbocycles. The SMILES string of the molecule is O=C1NCCCCC1Cc1cccnc1.